The fraction of sp³-hybridized carbons (Fsp3) is 0.850. The molecule has 2 N–H and O–H groups in total. The number of nitrogens with two attached hydrogens (primary N) is 1. The van der Waals surface area contributed by atoms with Crippen molar-refractivity contribution in [2.45, 2.75) is 431 Å². The van der Waals surface area contributed by atoms with Crippen molar-refractivity contribution >= 4 is 40.9 Å². The zero-order valence-corrected chi connectivity index (χ0v) is 62.1. The number of hydrogen-bond acceptors (Lipinski definition) is 9. The highest BCUT2D eigenvalue weighted by Gasteiger charge is 2.67. The maximum absolute atomic E-state index is 14.4. The van der Waals surface area contributed by atoms with Crippen molar-refractivity contribution in [3.8, 4) is 0 Å². The first kappa shape index (κ1) is 89.3. The van der Waals surface area contributed by atoms with E-state index in [1.54, 1.807) is 20.8 Å². The Kier molecular flexibility index (Phi) is 65.8. The van der Waals surface area contributed by atoms with Crippen LogP contribution in [-0.2, 0) is 38.1 Å². The second-order valence-electron chi connectivity index (χ2n) is 27.1. The molecule has 9 nitrogen and oxygen atoms in total. The number of hydrogen-bond donors (Lipinski definition) is 1. The molecule has 0 fully saturated rings. The van der Waals surface area contributed by atoms with Crippen LogP contribution in [0.4, 0.5) is 0 Å². The molecule has 1 atom stereocenters. The average molecular weight is 1330 g/mol. The van der Waals surface area contributed by atoms with Gasteiger partial charge >= 0.3 is 29.7 Å². The van der Waals surface area contributed by atoms with E-state index in [0.29, 0.717) is 25.7 Å². The maximum Gasteiger partial charge on any atom is 0.309 e. The van der Waals surface area contributed by atoms with E-state index in [1.807, 2.05) is 0 Å². The Morgan fingerprint density at radius 1 is 0.289 bits per heavy atom. The van der Waals surface area contributed by atoms with Crippen molar-refractivity contribution in [3.63, 3.8) is 0 Å². The van der Waals surface area contributed by atoms with E-state index in [4.69, 9.17) is 24.7 Å². The third-order valence-electron chi connectivity index (χ3n) is 18.0. The molecule has 0 aliphatic rings. The molecule has 0 aromatic rings. The van der Waals surface area contributed by atoms with Gasteiger partial charge in [0.1, 0.15) is 6.61 Å². The van der Waals surface area contributed by atoms with Gasteiger partial charge in [-0.15, -0.1) is 17.0 Å². The van der Waals surface area contributed by atoms with Crippen LogP contribution in [0.25, 0.3) is 0 Å². The molecule has 0 spiro atoms. The topological polar surface area (TPSA) is 131 Å². The van der Waals surface area contributed by atoms with Gasteiger partial charge in [-0.25, -0.2) is 0 Å². The molecule has 10 heteroatoms. The summed E-state index contributed by atoms with van der Waals surface area (Å²) in [6.07, 6.45) is 78.0. The lowest BCUT2D eigenvalue weighted by atomic mass is 9.75. The number of unbranched alkanes of at least 4 members (excludes halogenated alkanes) is 44. The molecule has 0 saturated carbocycles. The van der Waals surface area contributed by atoms with Crippen LogP contribution < -0.4 is 5.73 Å². The van der Waals surface area contributed by atoms with Crippen LogP contribution in [0.2, 0.25) is 0 Å². The predicted octanol–water partition coefficient (Wildman–Crippen LogP) is 25.5. The van der Waals surface area contributed by atoms with Gasteiger partial charge in [0.25, 0.3) is 0 Å². The van der Waals surface area contributed by atoms with Crippen molar-refractivity contribution in [2.75, 3.05) is 6.61 Å². The summed E-state index contributed by atoms with van der Waals surface area (Å²) in [5.74, 6) is -4.34. The lowest BCUT2D eigenvalue weighted by molar-refractivity contribution is -0.321. The van der Waals surface area contributed by atoms with Crippen molar-refractivity contribution < 1.29 is 38.1 Å². The van der Waals surface area contributed by atoms with Crippen molar-refractivity contribution in [3.05, 3.63) is 48.6 Å². The van der Waals surface area contributed by atoms with E-state index in [2.05, 4.69) is 76.3 Å². The molecule has 0 aromatic heterocycles. The molecule has 1 unspecified atom stereocenters. The van der Waals surface area contributed by atoms with Gasteiger partial charge in [-0.3, -0.25) is 19.2 Å². The summed E-state index contributed by atoms with van der Waals surface area (Å²) in [6, 6.07) is 0. The largest absolute Gasteiger partial charge is 0.461 e. The number of allylic oxidation sites excluding steroid dienone is 8. The highest BCUT2D eigenvalue weighted by molar-refractivity contribution is 8.93. The summed E-state index contributed by atoms with van der Waals surface area (Å²) in [6.45, 7) is 13.6. The SMILES string of the molecule is Br.CCCCCCCC/C=C\CCCCCCCC(=O)OCC(OC(=O)CCCCCCC/C=C\CCCCCCCC)(C(C)(C)N)C(CC)(OC(=O)CCCCCCC/C=C\CCCCCCCC)OC(=O)CCCCCCC/C=C\CCCCCCCC. The molecule has 0 aliphatic heterocycles. The smallest absolute Gasteiger partial charge is 0.309 e. The van der Waals surface area contributed by atoms with E-state index in [9.17, 15) is 19.2 Å². The molecular formula is C80H148BrNO8. The van der Waals surface area contributed by atoms with Crippen LogP contribution in [-0.4, -0.2) is 47.4 Å². The minimum absolute atomic E-state index is 0. The second-order valence-corrected chi connectivity index (χ2v) is 27.1. The first-order valence-electron chi connectivity index (χ1n) is 38.6. The third-order valence-corrected chi connectivity index (χ3v) is 18.0. The van der Waals surface area contributed by atoms with Crippen LogP contribution in [0.15, 0.2) is 48.6 Å². The molecule has 528 valence electrons. The molecule has 0 heterocycles. The number of carbonyl (C=O) groups excluding carboxylic acids is 4. The fourth-order valence-electron chi connectivity index (χ4n) is 12.0. The van der Waals surface area contributed by atoms with Gasteiger partial charge in [0.2, 0.25) is 5.60 Å². The van der Waals surface area contributed by atoms with Gasteiger partial charge < -0.3 is 24.7 Å². The molecule has 0 bridgehead atoms. The minimum atomic E-state index is -2.18. The highest BCUT2D eigenvalue weighted by atomic mass is 79.9. The number of ether oxygens (including phenoxy) is 4. The molecule has 0 radical (unpaired) electrons. The summed E-state index contributed by atoms with van der Waals surface area (Å²) in [7, 11) is 0. The highest BCUT2D eigenvalue weighted by Crippen LogP contribution is 2.44. The van der Waals surface area contributed by atoms with E-state index in [1.165, 1.54) is 154 Å². The molecule has 90 heavy (non-hydrogen) atoms. The summed E-state index contributed by atoms with van der Waals surface area (Å²) in [5, 5.41) is 0. The van der Waals surface area contributed by atoms with Gasteiger partial charge in [-0.05, 0) is 142 Å². The first-order chi connectivity index (χ1) is 43.4. The van der Waals surface area contributed by atoms with Gasteiger partial charge in [-0.1, -0.05) is 289 Å². The molecule has 0 aliphatic carbocycles. The second kappa shape index (κ2) is 66.3. The average Bonchev–Trinajstić information content (AvgIpc) is 0.738. The summed E-state index contributed by atoms with van der Waals surface area (Å²) in [5.41, 5.74) is 3.60. The van der Waals surface area contributed by atoms with Crippen molar-refractivity contribution in [1.82, 2.24) is 0 Å². The number of esters is 4. The lowest BCUT2D eigenvalue weighted by Gasteiger charge is -2.52. The number of halogens is 1. The summed E-state index contributed by atoms with van der Waals surface area (Å²) < 4.78 is 25.7. The fourth-order valence-corrected chi connectivity index (χ4v) is 12.0. The summed E-state index contributed by atoms with van der Waals surface area (Å²) >= 11 is 0. The van der Waals surface area contributed by atoms with Gasteiger partial charge in [0.15, 0.2) is 0 Å². The Morgan fingerprint density at radius 3 is 0.711 bits per heavy atom. The Bertz CT molecular complexity index is 1680. The predicted molar refractivity (Wildman–Crippen MR) is 391 cm³/mol. The Labute approximate surface area is 568 Å². The normalized spacial score (nSPS) is 12.8. The summed E-state index contributed by atoms with van der Waals surface area (Å²) in [4.78, 5) is 56.8. The van der Waals surface area contributed by atoms with E-state index in [0.717, 1.165) is 154 Å². The molecular weight excluding hydrogens is 1180 g/mol. The van der Waals surface area contributed by atoms with Gasteiger partial charge in [0, 0.05) is 32.1 Å². The van der Waals surface area contributed by atoms with Gasteiger partial charge in [0.05, 0.1) is 5.54 Å². The van der Waals surface area contributed by atoms with Crippen LogP contribution in [0.1, 0.15) is 414 Å². The zero-order chi connectivity index (χ0) is 65.3. The van der Waals surface area contributed by atoms with Crippen molar-refractivity contribution in [1.29, 1.82) is 0 Å². The number of rotatable bonds is 68. The van der Waals surface area contributed by atoms with E-state index >= 15 is 0 Å². The molecule has 0 saturated heterocycles. The quantitative estimate of drug-likeness (QED) is 0.0208. The standard InChI is InChI=1S/C80H147NO8.BrH/c1-8-13-17-21-25-29-33-37-41-45-49-53-57-61-65-69-74(82)86-73-79(78(6,7)81,87-75(83)70-66-62-58-54-50-46-42-38-34-30-26-22-18-14-9-2)80(12-5,88-76(84)71-67-63-59-55-51-47-43-39-35-31-27-23-19-15-10-3)89-77(85)72-68-64-60-56-52-48-44-40-36-32-28-24-20-16-11-4;/h37-44H,8-36,45-73,81H2,1-7H3;1H/b41-37-,42-38-,43-39-,44-40-;. The zero-order valence-electron chi connectivity index (χ0n) is 60.4. The van der Waals surface area contributed by atoms with E-state index in [-0.39, 0.29) is 49.1 Å². The molecule has 0 rings (SSSR count). The van der Waals surface area contributed by atoms with Crippen LogP contribution in [0.5, 0.6) is 0 Å². The number of carbonyl (C=O) groups is 4. The molecule has 0 aromatic carbocycles. The third kappa shape index (κ3) is 52.6. The Balaban J connectivity index is 0. The Morgan fingerprint density at radius 2 is 0.489 bits per heavy atom. The maximum atomic E-state index is 14.4. The minimum Gasteiger partial charge on any atom is -0.461 e. The lowest BCUT2D eigenvalue weighted by Crippen LogP contribution is -2.75. The molecule has 0 amide bonds. The van der Waals surface area contributed by atoms with E-state index < -0.39 is 47.4 Å². The van der Waals surface area contributed by atoms with Crippen LogP contribution in [0, 0.1) is 0 Å². The van der Waals surface area contributed by atoms with Gasteiger partial charge in [-0.2, -0.15) is 0 Å². The first-order valence-corrected chi connectivity index (χ1v) is 38.6. The Hall–Kier alpha value is -2.72. The van der Waals surface area contributed by atoms with Crippen LogP contribution >= 0.6 is 17.0 Å². The van der Waals surface area contributed by atoms with Crippen LogP contribution in [0.3, 0.4) is 0 Å². The monoisotopic (exact) mass is 1330 g/mol. The van der Waals surface area contributed by atoms with Crippen molar-refractivity contribution in [2.24, 2.45) is 5.73 Å².